The minimum Gasteiger partial charge on any atom is -0.480 e. The smallest absolute Gasteiger partial charge is 0.320 e. The molecule has 0 saturated heterocycles. The van der Waals surface area contributed by atoms with Crippen LogP contribution in [0.25, 0.3) is 0 Å². The van der Waals surface area contributed by atoms with Crippen molar-refractivity contribution in [3.8, 4) is 6.07 Å². The first-order valence-corrected chi connectivity index (χ1v) is 5.91. The van der Waals surface area contributed by atoms with Crippen LogP contribution in [0.15, 0.2) is 18.2 Å². The molecule has 0 saturated carbocycles. The second-order valence-corrected chi connectivity index (χ2v) is 4.78. The molecule has 0 aliphatic carbocycles. The van der Waals surface area contributed by atoms with E-state index in [0.29, 0.717) is 0 Å². The molecule has 0 aliphatic heterocycles. The van der Waals surface area contributed by atoms with Gasteiger partial charge in [0.15, 0.2) is 5.75 Å². The van der Waals surface area contributed by atoms with Crippen LogP contribution in [0.3, 0.4) is 0 Å². The van der Waals surface area contributed by atoms with Crippen LogP contribution in [0, 0.1) is 17.1 Å². The fourth-order valence-electron chi connectivity index (χ4n) is 1.05. The lowest BCUT2D eigenvalue weighted by molar-refractivity contribution is -0.134. The summed E-state index contributed by atoms with van der Waals surface area (Å²) in [5, 5.41) is 16.9. The number of anilines is 1. The van der Waals surface area contributed by atoms with Gasteiger partial charge in [0.25, 0.3) is 0 Å². The zero-order valence-corrected chi connectivity index (χ0v) is 9.16. The van der Waals surface area contributed by atoms with E-state index in [1.54, 1.807) is 0 Å². The van der Waals surface area contributed by atoms with Gasteiger partial charge in [-0.1, -0.05) is 0 Å². The first-order chi connectivity index (χ1) is 7.84. The molecule has 6 nitrogen and oxygen atoms in total. The highest BCUT2D eigenvalue weighted by Gasteiger charge is 2.16. The maximum absolute atomic E-state index is 12.9. The predicted molar refractivity (Wildman–Crippen MR) is 56.2 cm³/mol. The summed E-state index contributed by atoms with van der Waals surface area (Å²) in [5.41, 5.74) is -0.398. The molecule has 0 atom stereocenters. The molecular formula is C9H7FN2O4S. The van der Waals surface area contributed by atoms with Crippen molar-refractivity contribution in [3.05, 3.63) is 29.6 Å². The third-order valence-electron chi connectivity index (χ3n) is 1.67. The summed E-state index contributed by atoms with van der Waals surface area (Å²) in [6.07, 6.45) is 0. The number of benzene rings is 1. The van der Waals surface area contributed by atoms with E-state index in [9.17, 15) is 17.6 Å². The topological polar surface area (TPSA) is 107 Å². The second-order valence-electron chi connectivity index (χ2n) is 3.06. The second kappa shape index (κ2) is 4.80. The highest BCUT2D eigenvalue weighted by molar-refractivity contribution is 7.93. The Kier molecular flexibility index (Phi) is 3.65. The number of halogens is 1. The number of carbonyl (C=O) groups is 1. The van der Waals surface area contributed by atoms with Crippen LogP contribution in [0.1, 0.15) is 5.56 Å². The number of rotatable bonds is 4. The predicted octanol–water partition coefficient (Wildman–Crippen LogP) is 0.524. The third-order valence-corrected chi connectivity index (χ3v) is 2.85. The normalized spacial score (nSPS) is 10.6. The Morgan fingerprint density at radius 3 is 2.71 bits per heavy atom. The van der Waals surface area contributed by atoms with Crippen LogP contribution in [-0.4, -0.2) is 25.2 Å². The average molecular weight is 258 g/mol. The zero-order chi connectivity index (χ0) is 13.1. The number of sulfonamides is 1. The van der Waals surface area contributed by atoms with Crippen molar-refractivity contribution in [1.82, 2.24) is 0 Å². The summed E-state index contributed by atoms with van der Waals surface area (Å²) < 4.78 is 37.3. The van der Waals surface area contributed by atoms with E-state index in [1.807, 2.05) is 4.72 Å². The molecule has 1 aromatic rings. The molecule has 90 valence electrons. The minimum absolute atomic E-state index is 0.0656. The van der Waals surface area contributed by atoms with Crippen LogP contribution in [0.4, 0.5) is 10.1 Å². The van der Waals surface area contributed by atoms with Crippen LogP contribution < -0.4 is 4.72 Å². The number of nitrogens with one attached hydrogen (secondary N) is 1. The monoisotopic (exact) mass is 258 g/mol. The quantitative estimate of drug-likeness (QED) is 0.818. The van der Waals surface area contributed by atoms with Gasteiger partial charge in [-0.2, -0.15) is 5.26 Å². The lowest BCUT2D eigenvalue weighted by atomic mass is 10.2. The van der Waals surface area contributed by atoms with Gasteiger partial charge in [-0.3, -0.25) is 9.52 Å². The number of carboxylic acids is 1. The van der Waals surface area contributed by atoms with Crippen molar-refractivity contribution in [2.45, 2.75) is 0 Å². The van der Waals surface area contributed by atoms with Crippen LogP contribution >= 0.6 is 0 Å². The summed E-state index contributed by atoms with van der Waals surface area (Å²) in [6, 6.07) is 4.52. The van der Waals surface area contributed by atoms with Gasteiger partial charge >= 0.3 is 5.97 Å². The Hall–Kier alpha value is -2.14. The fourth-order valence-corrected chi connectivity index (χ4v) is 1.94. The molecule has 0 radical (unpaired) electrons. The Labute approximate surface area is 96.4 Å². The van der Waals surface area contributed by atoms with Crippen molar-refractivity contribution < 1.29 is 22.7 Å². The van der Waals surface area contributed by atoms with E-state index in [-0.39, 0.29) is 11.3 Å². The van der Waals surface area contributed by atoms with Crippen LogP contribution in [-0.2, 0) is 14.8 Å². The van der Waals surface area contributed by atoms with E-state index < -0.39 is 27.6 Å². The standard InChI is InChI=1S/C9H7FN2O4S/c10-8-2-1-7(3-6(8)4-11)12-17(15,16)5-9(13)14/h1-3,12H,5H2,(H,13,14). The molecule has 0 unspecified atom stereocenters. The molecule has 8 heteroatoms. The molecule has 0 aromatic heterocycles. The molecule has 2 N–H and O–H groups in total. The van der Waals surface area contributed by atoms with E-state index in [0.717, 1.165) is 18.2 Å². The molecular weight excluding hydrogens is 251 g/mol. The van der Waals surface area contributed by atoms with Crippen LogP contribution in [0.2, 0.25) is 0 Å². The number of hydrogen-bond acceptors (Lipinski definition) is 4. The molecule has 0 fully saturated rings. The third kappa shape index (κ3) is 3.73. The molecule has 1 aromatic carbocycles. The number of hydrogen-bond donors (Lipinski definition) is 2. The lowest BCUT2D eigenvalue weighted by Crippen LogP contribution is -2.22. The maximum Gasteiger partial charge on any atom is 0.320 e. The van der Waals surface area contributed by atoms with Gasteiger partial charge < -0.3 is 5.11 Å². The highest BCUT2D eigenvalue weighted by Crippen LogP contribution is 2.15. The molecule has 0 aliphatic rings. The molecule has 0 spiro atoms. The van der Waals surface area contributed by atoms with Gasteiger partial charge in [0.1, 0.15) is 11.9 Å². The zero-order valence-electron chi connectivity index (χ0n) is 8.34. The van der Waals surface area contributed by atoms with Gasteiger partial charge in [0.05, 0.1) is 11.3 Å². The molecule has 17 heavy (non-hydrogen) atoms. The van der Waals surface area contributed by atoms with Gasteiger partial charge in [-0.15, -0.1) is 0 Å². The summed E-state index contributed by atoms with van der Waals surface area (Å²) in [6.45, 7) is 0. The lowest BCUT2D eigenvalue weighted by Gasteiger charge is -2.06. The van der Waals surface area contributed by atoms with E-state index in [1.165, 1.54) is 6.07 Å². The summed E-state index contributed by atoms with van der Waals surface area (Å²) in [4.78, 5) is 10.3. The van der Waals surface area contributed by atoms with E-state index >= 15 is 0 Å². The largest absolute Gasteiger partial charge is 0.480 e. The SMILES string of the molecule is N#Cc1cc(NS(=O)(=O)CC(=O)O)ccc1F. The van der Waals surface area contributed by atoms with Crippen molar-refractivity contribution in [3.63, 3.8) is 0 Å². The Bertz CT molecular complexity index is 592. The van der Waals surface area contributed by atoms with Gasteiger partial charge in [0.2, 0.25) is 10.0 Å². The maximum atomic E-state index is 12.9. The molecule has 0 heterocycles. The van der Waals surface area contributed by atoms with Crippen molar-refractivity contribution in [2.75, 3.05) is 10.5 Å². The summed E-state index contributed by atoms with van der Waals surface area (Å²) >= 11 is 0. The number of carboxylic acid groups (broad SMARTS) is 1. The molecule has 0 amide bonds. The Morgan fingerprint density at radius 1 is 1.53 bits per heavy atom. The van der Waals surface area contributed by atoms with E-state index in [4.69, 9.17) is 10.4 Å². The fraction of sp³-hybridized carbons (Fsp3) is 0.111. The number of nitrogens with zero attached hydrogens (tertiary/aromatic N) is 1. The van der Waals surface area contributed by atoms with Gasteiger partial charge in [-0.05, 0) is 18.2 Å². The van der Waals surface area contributed by atoms with Crippen molar-refractivity contribution >= 4 is 21.7 Å². The summed E-state index contributed by atoms with van der Waals surface area (Å²) in [5.74, 6) is -3.40. The van der Waals surface area contributed by atoms with Gasteiger partial charge in [0, 0.05) is 0 Å². The van der Waals surface area contributed by atoms with Crippen molar-refractivity contribution in [1.29, 1.82) is 5.26 Å². The van der Waals surface area contributed by atoms with Crippen LogP contribution in [0.5, 0.6) is 0 Å². The molecule has 1 rings (SSSR count). The van der Waals surface area contributed by atoms with Crippen molar-refractivity contribution in [2.24, 2.45) is 0 Å². The molecule has 0 bridgehead atoms. The van der Waals surface area contributed by atoms with E-state index in [2.05, 4.69) is 0 Å². The summed E-state index contributed by atoms with van der Waals surface area (Å²) in [7, 11) is -4.05. The average Bonchev–Trinajstić information content (AvgIpc) is 2.18. The van der Waals surface area contributed by atoms with Gasteiger partial charge in [-0.25, -0.2) is 12.8 Å². The Morgan fingerprint density at radius 2 is 2.18 bits per heavy atom. The first kappa shape index (κ1) is 12.9. The highest BCUT2D eigenvalue weighted by atomic mass is 32.2. The number of aliphatic carboxylic acids is 1. The Balaban J connectivity index is 2.97. The number of nitriles is 1. The minimum atomic E-state index is -4.05. The first-order valence-electron chi connectivity index (χ1n) is 4.26.